The smallest absolute Gasteiger partial charge is 0.415 e. The Labute approximate surface area is 189 Å². The Morgan fingerprint density at radius 2 is 1.88 bits per heavy atom. The summed E-state index contributed by atoms with van der Waals surface area (Å²) < 4.78 is 18.9. The third kappa shape index (κ3) is 4.17. The first kappa shape index (κ1) is 20.7. The van der Waals surface area contributed by atoms with Gasteiger partial charge in [-0.1, -0.05) is 36.3 Å². The first-order chi connectivity index (χ1) is 15.9. The molecule has 4 aromatic rings. The molecule has 0 aliphatic carbocycles. The molecular formula is C24H22N4O5. The van der Waals surface area contributed by atoms with E-state index >= 15 is 0 Å². The molecule has 0 saturated heterocycles. The molecule has 5 rings (SSSR count). The number of nitrogens with zero attached hydrogens (tertiary/aromatic N) is 4. The zero-order chi connectivity index (χ0) is 23.0. The number of benzene rings is 2. The van der Waals surface area contributed by atoms with Crippen molar-refractivity contribution >= 4 is 5.82 Å². The van der Waals surface area contributed by atoms with Crippen LogP contribution in [0.5, 0.6) is 11.8 Å². The van der Waals surface area contributed by atoms with E-state index in [9.17, 15) is 10.1 Å². The molecule has 168 valence electrons. The van der Waals surface area contributed by atoms with Gasteiger partial charge in [-0.25, -0.2) is 0 Å². The summed E-state index contributed by atoms with van der Waals surface area (Å²) in [6, 6.07) is 18.0. The van der Waals surface area contributed by atoms with Crippen LogP contribution < -0.4 is 9.47 Å². The monoisotopic (exact) mass is 446 g/mol. The Morgan fingerprint density at radius 1 is 1.15 bits per heavy atom. The molecule has 0 fully saturated rings. The number of hydrogen-bond donors (Lipinski definition) is 0. The number of rotatable bonds is 7. The second kappa shape index (κ2) is 8.09. The number of nitro groups is 1. The molecular weight excluding hydrogens is 424 g/mol. The quantitative estimate of drug-likeness (QED) is 0.293. The van der Waals surface area contributed by atoms with Crippen LogP contribution in [0.15, 0.2) is 65.3 Å². The fourth-order valence-corrected chi connectivity index (χ4v) is 3.77. The molecule has 0 amide bonds. The van der Waals surface area contributed by atoms with Crippen molar-refractivity contribution in [1.82, 2.24) is 14.7 Å². The highest BCUT2D eigenvalue weighted by Crippen LogP contribution is 2.32. The molecule has 0 radical (unpaired) electrons. The van der Waals surface area contributed by atoms with E-state index in [1.165, 1.54) is 11.8 Å². The third-order valence-corrected chi connectivity index (χ3v) is 5.61. The summed E-state index contributed by atoms with van der Waals surface area (Å²) in [5.74, 6) is 1.17. The highest BCUT2D eigenvalue weighted by Gasteiger charge is 2.41. The molecule has 33 heavy (non-hydrogen) atoms. The summed E-state index contributed by atoms with van der Waals surface area (Å²) in [5, 5.41) is 15.0. The first-order valence-corrected chi connectivity index (χ1v) is 10.6. The van der Waals surface area contributed by atoms with Crippen molar-refractivity contribution in [3.8, 4) is 34.3 Å². The maximum Gasteiger partial charge on any atom is 0.415 e. The fourth-order valence-electron chi connectivity index (χ4n) is 3.77. The highest BCUT2D eigenvalue weighted by atomic mass is 16.6. The van der Waals surface area contributed by atoms with Crippen molar-refractivity contribution in [3.63, 3.8) is 0 Å². The molecule has 1 atom stereocenters. The minimum Gasteiger partial charge on any atom is -0.489 e. The van der Waals surface area contributed by atoms with Crippen LogP contribution in [0.25, 0.3) is 22.6 Å². The minimum absolute atomic E-state index is 0.224. The van der Waals surface area contributed by atoms with Crippen molar-refractivity contribution in [2.45, 2.75) is 32.4 Å². The highest BCUT2D eigenvalue weighted by molar-refractivity contribution is 5.67. The van der Waals surface area contributed by atoms with Crippen molar-refractivity contribution < 1.29 is 18.9 Å². The Bertz CT molecular complexity index is 1270. The predicted octanol–water partition coefficient (Wildman–Crippen LogP) is 4.91. The lowest BCUT2D eigenvalue weighted by Gasteiger charge is -2.22. The third-order valence-electron chi connectivity index (χ3n) is 5.61. The number of hydrogen-bond acceptors (Lipinski definition) is 7. The number of fused-ring (bicyclic) bond motifs is 1. The van der Waals surface area contributed by atoms with Gasteiger partial charge in [-0.3, -0.25) is 4.57 Å². The zero-order valence-corrected chi connectivity index (χ0v) is 18.2. The fraction of sp³-hybridized carbons (Fsp3) is 0.250. The van der Waals surface area contributed by atoms with Crippen molar-refractivity contribution in [3.05, 3.63) is 76.5 Å². The lowest BCUT2D eigenvalue weighted by atomic mass is 10.1. The Kier molecular flexibility index (Phi) is 5.08. The number of aromatic nitrogens is 3. The lowest BCUT2D eigenvalue weighted by molar-refractivity contribution is -0.389. The molecule has 0 N–H and O–H groups in total. The van der Waals surface area contributed by atoms with Crippen molar-refractivity contribution in [1.29, 1.82) is 0 Å². The molecule has 0 unspecified atom stereocenters. The van der Waals surface area contributed by atoms with Gasteiger partial charge in [0.25, 0.3) is 0 Å². The van der Waals surface area contributed by atoms with Crippen LogP contribution in [0, 0.1) is 10.1 Å². The van der Waals surface area contributed by atoms with Gasteiger partial charge >= 0.3 is 11.8 Å². The van der Waals surface area contributed by atoms with Crippen LogP contribution in [0.3, 0.4) is 0 Å². The van der Waals surface area contributed by atoms with Crippen LogP contribution in [0.4, 0.5) is 5.82 Å². The molecule has 9 nitrogen and oxygen atoms in total. The molecule has 1 aliphatic rings. The van der Waals surface area contributed by atoms with Crippen LogP contribution in [-0.4, -0.2) is 31.8 Å². The Balaban J connectivity index is 1.22. The topological polar surface area (TPSA) is 105 Å². The van der Waals surface area contributed by atoms with Crippen LogP contribution in [0.1, 0.15) is 19.4 Å². The van der Waals surface area contributed by atoms with Gasteiger partial charge < -0.3 is 24.1 Å². The van der Waals surface area contributed by atoms with Gasteiger partial charge in [0, 0.05) is 22.2 Å². The largest absolute Gasteiger partial charge is 0.489 e. The van der Waals surface area contributed by atoms with E-state index in [2.05, 4.69) is 29.2 Å². The van der Waals surface area contributed by atoms with E-state index in [4.69, 9.17) is 14.0 Å². The second-order valence-electron chi connectivity index (χ2n) is 8.26. The molecule has 2 aromatic heterocycles. The van der Waals surface area contributed by atoms with E-state index in [1.54, 1.807) is 4.57 Å². The molecule has 2 aromatic carbocycles. The number of aryl methyl sites for hydroxylation is 1. The van der Waals surface area contributed by atoms with Gasteiger partial charge in [0.1, 0.15) is 24.2 Å². The van der Waals surface area contributed by atoms with Gasteiger partial charge in [0.05, 0.1) is 6.54 Å². The maximum absolute atomic E-state index is 10.8. The van der Waals surface area contributed by atoms with Crippen molar-refractivity contribution in [2.75, 3.05) is 6.61 Å². The Hall–Kier alpha value is -4.14. The lowest BCUT2D eigenvalue weighted by Crippen LogP contribution is -2.38. The summed E-state index contributed by atoms with van der Waals surface area (Å²) in [5.41, 5.74) is 3.26. The minimum atomic E-state index is -0.662. The van der Waals surface area contributed by atoms with Crippen LogP contribution in [-0.2, 0) is 13.0 Å². The zero-order valence-electron chi connectivity index (χ0n) is 18.2. The number of imidazole rings is 1. The summed E-state index contributed by atoms with van der Waals surface area (Å²) in [4.78, 5) is 14.2. The predicted molar refractivity (Wildman–Crippen MR) is 120 cm³/mol. The second-order valence-corrected chi connectivity index (χ2v) is 8.26. The molecule has 3 heterocycles. The van der Waals surface area contributed by atoms with Gasteiger partial charge in [-0.2, -0.15) is 0 Å². The van der Waals surface area contributed by atoms with Crippen LogP contribution in [0.2, 0.25) is 0 Å². The van der Waals surface area contributed by atoms with Gasteiger partial charge in [0.15, 0.2) is 11.4 Å². The van der Waals surface area contributed by atoms with Gasteiger partial charge in [-0.15, -0.1) is 0 Å². The summed E-state index contributed by atoms with van der Waals surface area (Å²) in [6.07, 6.45) is 2.37. The summed E-state index contributed by atoms with van der Waals surface area (Å²) >= 11 is 0. The standard InChI is InChI=1S/C24H22N4O5/c1-3-16-4-6-18(7-5-16)21-12-20(26-33-21)17-8-10-19(11-9-17)31-15-24(2)14-27-13-22(28(29)30)25-23(27)32-24/h4-13H,3,14-15H2,1-2H3/t24-/m1/s1. The average molecular weight is 446 g/mol. The van der Waals surface area contributed by atoms with Crippen molar-refractivity contribution in [2.24, 2.45) is 0 Å². The summed E-state index contributed by atoms with van der Waals surface area (Å²) in [7, 11) is 0. The van der Waals surface area contributed by atoms with E-state index < -0.39 is 10.5 Å². The first-order valence-electron chi connectivity index (χ1n) is 10.6. The average Bonchev–Trinajstić information content (AvgIpc) is 3.52. The Morgan fingerprint density at radius 3 is 2.55 bits per heavy atom. The van der Waals surface area contributed by atoms with E-state index in [0.717, 1.165) is 29.0 Å². The maximum atomic E-state index is 10.8. The molecule has 1 aliphatic heterocycles. The SMILES string of the molecule is CCc1ccc(-c2cc(-c3ccc(OC[C@@]4(C)Cn5cc([N+](=O)[O-])nc5O4)cc3)no2)cc1. The number of ether oxygens (including phenoxy) is 2. The van der Waals surface area contributed by atoms with Crippen LogP contribution >= 0.6 is 0 Å². The summed E-state index contributed by atoms with van der Waals surface area (Å²) in [6.45, 7) is 4.69. The van der Waals surface area contributed by atoms with E-state index in [1.807, 2.05) is 49.4 Å². The van der Waals surface area contributed by atoms with Gasteiger partial charge in [-0.05, 0) is 48.1 Å². The molecule has 0 saturated carbocycles. The van der Waals surface area contributed by atoms with Gasteiger partial charge in [0.2, 0.25) is 0 Å². The molecule has 9 heteroatoms. The molecule has 0 bridgehead atoms. The normalized spacial score (nSPS) is 16.9. The van der Waals surface area contributed by atoms with E-state index in [0.29, 0.717) is 12.3 Å². The van der Waals surface area contributed by atoms with E-state index in [-0.39, 0.29) is 18.4 Å². The molecule has 0 spiro atoms.